The molecule has 0 aliphatic heterocycles. The van der Waals surface area contributed by atoms with E-state index in [9.17, 15) is 9.59 Å². The van der Waals surface area contributed by atoms with E-state index in [4.69, 9.17) is 11.6 Å². The summed E-state index contributed by atoms with van der Waals surface area (Å²) in [5.41, 5.74) is 0.607. The van der Waals surface area contributed by atoms with Crippen molar-refractivity contribution in [1.82, 2.24) is 0 Å². The van der Waals surface area contributed by atoms with Crippen molar-refractivity contribution in [3.05, 3.63) is 11.6 Å². The zero-order chi connectivity index (χ0) is 10.9. The lowest BCUT2D eigenvalue weighted by molar-refractivity contribution is -0.135. The molecule has 0 heterocycles. The van der Waals surface area contributed by atoms with Crippen LogP contribution in [0.1, 0.15) is 33.6 Å². The molecule has 0 fully saturated rings. The maximum atomic E-state index is 11.9. The van der Waals surface area contributed by atoms with Crippen molar-refractivity contribution in [3.63, 3.8) is 0 Å². The van der Waals surface area contributed by atoms with Gasteiger partial charge in [0, 0.05) is 5.41 Å². The summed E-state index contributed by atoms with van der Waals surface area (Å²) in [6.07, 6.45) is 3.20. The van der Waals surface area contributed by atoms with Gasteiger partial charge in [0.25, 0.3) is 0 Å². The maximum Gasteiger partial charge on any atom is 0.232 e. The highest BCUT2D eigenvalue weighted by molar-refractivity contribution is 6.65. The van der Waals surface area contributed by atoms with Crippen LogP contribution in [0.25, 0.3) is 0 Å². The van der Waals surface area contributed by atoms with E-state index in [-0.39, 0.29) is 5.78 Å². The molecule has 0 amide bonds. The molecular weight excluding hydrogens is 200 g/mol. The predicted molar refractivity (Wildman–Crippen MR) is 56.1 cm³/mol. The number of halogens is 1. The van der Waals surface area contributed by atoms with Gasteiger partial charge in [0.05, 0.1) is 5.92 Å². The molecule has 1 aliphatic rings. The Bertz CT molecular complexity index is 302. The Morgan fingerprint density at radius 1 is 1.57 bits per heavy atom. The molecule has 1 aliphatic carbocycles. The number of rotatable bonds is 1. The lowest BCUT2D eigenvalue weighted by atomic mass is 9.80. The van der Waals surface area contributed by atoms with Gasteiger partial charge in [-0.15, -0.1) is 0 Å². The molecule has 0 spiro atoms. The van der Waals surface area contributed by atoms with E-state index in [0.29, 0.717) is 12.8 Å². The fourth-order valence-corrected chi connectivity index (χ4v) is 1.86. The summed E-state index contributed by atoms with van der Waals surface area (Å²) in [7, 11) is 0. The van der Waals surface area contributed by atoms with Gasteiger partial charge >= 0.3 is 0 Å². The van der Waals surface area contributed by atoms with E-state index in [2.05, 4.69) is 0 Å². The Kier molecular flexibility index (Phi) is 3.15. The van der Waals surface area contributed by atoms with E-state index in [1.165, 1.54) is 0 Å². The van der Waals surface area contributed by atoms with E-state index in [1.807, 2.05) is 26.8 Å². The van der Waals surface area contributed by atoms with Crippen LogP contribution in [0, 0.1) is 11.3 Å². The summed E-state index contributed by atoms with van der Waals surface area (Å²) in [4.78, 5) is 23.0. The second kappa shape index (κ2) is 3.85. The molecule has 0 saturated carbocycles. The monoisotopic (exact) mass is 214 g/mol. The molecule has 0 saturated heterocycles. The molecule has 78 valence electrons. The molecule has 2 nitrogen and oxygen atoms in total. The first-order valence-electron chi connectivity index (χ1n) is 4.74. The van der Waals surface area contributed by atoms with Crippen molar-refractivity contribution >= 4 is 22.6 Å². The highest BCUT2D eigenvalue weighted by Gasteiger charge is 2.37. The van der Waals surface area contributed by atoms with Gasteiger partial charge in [-0.1, -0.05) is 25.5 Å². The number of ketones is 1. The number of Topliss-reactive ketones (excluding diaryl/α,β-unsaturated/α-hetero) is 1. The minimum absolute atomic E-state index is 0.0365. The van der Waals surface area contributed by atoms with Crippen molar-refractivity contribution < 1.29 is 9.59 Å². The average Bonchev–Trinajstić information content (AvgIpc) is 2.17. The highest BCUT2D eigenvalue weighted by atomic mass is 35.5. The van der Waals surface area contributed by atoms with Crippen molar-refractivity contribution in [3.8, 4) is 0 Å². The first-order valence-corrected chi connectivity index (χ1v) is 5.11. The van der Waals surface area contributed by atoms with Crippen molar-refractivity contribution in [1.29, 1.82) is 0 Å². The third-order valence-corrected chi connectivity index (χ3v) is 3.01. The van der Waals surface area contributed by atoms with Gasteiger partial charge in [-0.05, 0) is 31.4 Å². The summed E-state index contributed by atoms with van der Waals surface area (Å²) < 4.78 is 0. The number of carbonyl (C=O) groups excluding carboxylic acids is 2. The summed E-state index contributed by atoms with van der Waals surface area (Å²) >= 11 is 5.43. The fraction of sp³-hybridized carbons (Fsp3) is 0.636. The molecule has 0 bridgehead atoms. The normalized spacial score (nSPS) is 26.7. The predicted octanol–water partition coefficient (Wildman–Crippen LogP) is 2.70. The number of allylic oxidation sites excluding steroid dienone is 2. The van der Waals surface area contributed by atoms with Gasteiger partial charge in [0.1, 0.15) is 0 Å². The van der Waals surface area contributed by atoms with Crippen LogP contribution < -0.4 is 0 Å². The molecule has 3 heteroatoms. The van der Waals surface area contributed by atoms with Gasteiger partial charge in [-0.25, -0.2) is 0 Å². The van der Waals surface area contributed by atoms with Gasteiger partial charge in [-0.2, -0.15) is 0 Å². The summed E-state index contributed by atoms with van der Waals surface area (Å²) in [6, 6.07) is 0. The maximum absolute atomic E-state index is 11.9. The Balaban J connectivity index is 3.02. The summed E-state index contributed by atoms with van der Waals surface area (Å²) in [6.45, 7) is 5.65. The molecule has 0 aromatic heterocycles. The first kappa shape index (κ1) is 11.4. The molecule has 0 N–H and O–H groups in total. The molecule has 1 atom stereocenters. The van der Waals surface area contributed by atoms with E-state index >= 15 is 0 Å². The third kappa shape index (κ3) is 2.24. The number of hydrogen-bond donors (Lipinski definition) is 0. The Labute approximate surface area is 89.3 Å². The fourth-order valence-electron chi connectivity index (χ4n) is 1.68. The lowest BCUT2D eigenvalue weighted by Gasteiger charge is -2.22. The number of hydrogen-bond acceptors (Lipinski definition) is 2. The Morgan fingerprint density at radius 2 is 2.14 bits per heavy atom. The van der Waals surface area contributed by atoms with Gasteiger partial charge in [-0.3, -0.25) is 9.59 Å². The van der Waals surface area contributed by atoms with E-state index in [1.54, 1.807) is 0 Å². The lowest BCUT2D eigenvalue weighted by Crippen LogP contribution is -2.32. The van der Waals surface area contributed by atoms with Crippen LogP contribution in [0.4, 0.5) is 0 Å². The largest absolute Gasteiger partial charge is 0.298 e. The summed E-state index contributed by atoms with van der Waals surface area (Å²) in [5.74, 6) is -0.684. The zero-order valence-corrected chi connectivity index (χ0v) is 9.52. The SMILES string of the molecule is CC1=CCC(C)(C)C(=O)C(C(=O)Cl)C1. The van der Waals surface area contributed by atoms with Crippen LogP contribution in [0.15, 0.2) is 11.6 Å². The van der Waals surface area contributed by atoms with Crippen LogP contribution in [0.2, 0.25) is 0 Å². The third-order valence-electron chi connectivity index (χ3n) is 2.74. The molecular formula is C11H15ClO2. The standard InChI is InChI=1S/C11H15ClO2/c1-7-4-5-11(2,3)9(13)8(6-7)10(12)14/h4,8H,5-6H2,1-3H3. The molecule has 1 rings (SSSR count). The average molecular weight is 215 g/mol. The molecule has 1 unspecified atom stereocenters. The van der Waals surface area contributed by atoms with Crippen LogP contribution >= 0.6 is 11.6 Å². The minimum Gasteiger partial charge on any atom is -0.298 e. The topological polar surface area (TPSA) is 34.1 Å². The molecule has 0 radical (unpaired) electrons. The second-order valence-corrected chi connectivity index (χ2v) is 4.94. The summed E-state index contributed by atoms with van der Waals surface area (Å²) in [5, 5.41) is -0.530. The second-order valence-electron chi connectivity index (χ2n) is 4.56. The van der Waals surface area contributed by atoms with Gasteiger partial charge in [0.15, 0.2) is 5.78 Å². The van der Waals surface area contributed by atoms with Crippen LogP contribution in [0.3, 0.4) is 0 Å². The molecule has 0 aromatic carbocycles. The van der Waals surface area contributed by atoms with E-state index < -0.39 is 16.6 Å². The quantitative estimate of drug-likeness (QED) is 0.382. The zero-order valence-electron chi connectivity index (χ0n) is 8.76. The van der Waals surface area contributed by atoms with Crippen LogP contribution in [-0.2, 0) is 9.59 Å². The van der Waals surface area contributed by atoms with Crippen LogP contribution in [-0.4, -0.2) is 11.0 Å². The van der Waals surface area contributed by atoms with Crippen molar-refractivity contribution in [2.24, 2.45) is 11.3 Å². The molecule has 14 heavy (non-hydrogen) atoms. The van der Waals surface area contributed by atoms with E-state index in [0.717, 1.165) is 5.57 Å². The number of carbonyl (C=O) groups is 2. The first-order chi connectivity index (χ1) is 6.34. The Morgan fingerprint density at radius 3 is 2.64 bits per heavy atom. The van der Waals surface area contributed by atoms with Crippen LogP contribution in [0.5, 0.6) is 0 Å². The minimum atomic E-state index is -0.648. The smallest absolute Gasteiger partial charge is 0.232 e. The highest BCUT2D eigenvalue weighted by Crippen LogP contribution is 2.34. The van der Waals surface area contributed by atoms with Gasteiger partial charge < -0.3 is 0 Å². The Hall–Kier alpha value is -0.630. The van der Waals surface area contributed by atoms with Crippen molar-refractivity contribution in [2.75, 3.05) is 0 Å². The van der Waals surface area contributed by atoms with Gasteiger partial charge in [0.2, 0.25) is 5.24 Å². The van der Waals surface area contributed by atoms with Crippen molar-refractivity contribution in [2.45, 2.75) is 33.6 Å². The molecule has 0 aromatic rings.